The van der Waals surface area contributed by atoms with Gasteiger partial charge in [-0.1, -0.05) is 59.0 Å². The van der Waals surface area contributed by atoms with Crippen LogP contribution in [-0.4, -0.2) is 25.0 Å². The van der Waals surface area contributed by atoms with Gasteiger partial charge in [-0.25, -0.2) is 0 Å². The van der Waals surface area contributed by atoms with Gasteiger partial charge in [0.1, 0.15) is 0 Å². The lowest BCUT2D eigenvalue weighted by molar-refractivity contribution is 0.196. The van der Waals surface area contributed by atoms with Gasteiger partial charge in [0.15, 0.2) is 0 Å². The van der Waals surface area contributed by atoms with E-state index in [1.807, 2.05) is 0 Å². The first-order chi connectivity index (χ1) is 10.4. The third-order valence-corrected chi connectivity index (χ3v) is 5.60. The lowest BCUT2D eigenvalue weighted by atomic mass is 9.86. The molecule has 0 heterocycles. The number of hydrogen-bond acceptors (Lipinski definition) is 1. The molecule has 0 aliphatic carbocycles. The second-order valence-electron chi connectivity index (χ2n) is 7.81. The molecule has 0 fully saturated rings. The monoisotopic (exact) mass is 309 g/mol. The van der Waals surface area contributed by atoms with Crippen LogP contribution in [0.2, 0.25) is 0 Å². The summed E-state index contributed by atoms with van der Waals surface area (Å²) in [7, 11) is 4.47. The molecule has 0 saturated heterocycles. The van der Waals surface area contributed by atoms with Crippen molar-refractivity contribution in [2.45, 2.75) is 91.5 Å². The van der Waals surface area contributed by atoms with E-state index in [1.165, 1.54) is 57.8 Å². The molecule has 0 spiro atoms. The number of allylic oxidation sites excluding steroid dienone is 1. The third-order valence-electron chi connectivity index (χ3n) is 5.60. The molecule has 0 amide bonds. The maximum atomic E-state index is 3.83. The van der Waals surface area contributed by atoms with Gasteiger partial charge in [0.2, 0.25) is 0 Å². The fraction of sp³-hybridized carbons (Fsp3) is 0.905. The normalized spacial score (nSPS) is 17.2. The molecule has 0 saturated carbocycles. The first-order valence-electron chi connectivity index (χ1n) is 9.69. The van der Waals surface area contributed by atoms with Gasteiger partial charge in [0.25, 0.3) is 0 Å². The van der Waals surface area contributed by atoms with Crippen LogP contribution in [0.1, 0.15) is 85.5 Å². The summed E-state index contributed by atoms with van der Waals surface area (Å²) in [4.78, 5) is 2.41. The molecule has 0 aromatic heterocycles. The van der Waals surface area contributed by atoms with E-state index in [9.17, 15) is 0 Å². The lowest BCUT2D eigenvalue weighted by Gasteiger charge is -2.30. The van der Waals surface area contributed by atoms with E-state index < -0.39 is 0 Å². The van der Waals surface area contributed by atoms with Gasteiger partial charge in [-0.2, -0.15) is 0 Å². The van der Waals surface area contributed by atoms with Gasteiger partial charge in [-0.05, 0) is 64.5 Å². The van der Waals surface area contributed by atoms with Crippen molar-refractivity contribution in [3.63, 3.8) is 0 Å². The van der Waals surface area contributed by atoms with Crippen molar-refractivity contribution in [1.29, 1.82) is 0 Å². The van der Waals surface area contributed by atoms with Crippen LogP contribution in [0.4, 0.5) is 0 Å². The molecular weight excluding hydrogens is 266 g/mol. The molecule has 4 atom stereocenters. The van der Waals surface area contributed by atoms with Crippen LogP contribution in [0, 0.1) is 17.8 Å². The highest BCUT2D eigenvalue weighted by Gasteiger charge is 2.19. The standard InChI is InChI=1S/C21H43N/c1-8-10-13-19(4)15-12-17-21(20(5)22(6)7)16-11-14-18(3)9-2/h8,18-21H,1,9-17H2,2-7H3. The number of nitrogens with zero attached hydrogens (tertiary/aromatic N) is 1. The van der Waals surface area contributed by atoms with Crippen molar-refractivity contribution in [3.05, 3.63) is 12.7 Å². The summed E-state index contributed by atoms with van der Waals surface area (Å²) in [6, 6.07) is 0.709. The summed E-state index contributed by atoms with van der Waals surface area (Å²) in [5, 5.41) is 0. The molecule has 0 bridgehead atoms. The first-order valence-corrected chi connectivity index (χ1v) is 9.69. The predicted molar refractivity (Wildman–Crippen MR) is 102 cm³/mol. The van der Waals surface area contributed by atoms with Gasteiger partial charge in [-0.15, -0.1) is 6.58 Å². The Balaban J connectivity index is 4.15. The van der Waals surface area contributed by atoms with E-state index in [4.69, 9.17) is 0 Å². The van der Waals surface area contributed by atoms with Gasteiger partial charge in [0.05, 0.1) is 0 Å². The van der Waals surface area contributed by atoms with E-state index in [2.05, 4.69) is 59.3 Å². The molecule has 1 heteroatoms. The molecule has 0 rings (SSSR count). The summed E-state index contributed by atoms with van der Waals surface area (Å²) in [5.41, 5.74) is 0. The zero-order valence-corrected chi connectivity index (χ0v) is 16.4. The highest BCUT2D eigenvalue weighted by atomic mass is 15.1. The quantitative estimate of drug-likeness (QED) is 0.329. The van der Waals surface area contributed by atoms with Gasteiger partial charge in [-0.3, -0.25) is 0 Å². The predicted octanol–water partition coefficient (Wildman–Crippen LogP) is 6.54. The first kappa shape index (κ1) is 21.7. The van der Waals surface area contributed by atoms with E-state index in [-0.39, 0.29) is 0 Å². The molecule has 0 aliphatic rings. The fourth-order valence-electron chi connectivity index (χ4n) is 3.26. The summed E-state index contributed by atoms with van der Waals surface area (Å²) in [6.45, 7) is 13.4. The Labute approximate surface area is 141 Å². The highest BCUT2D eigenvalue weighted by Crippen LogP contribution is 2.26. The van der Waals surface area contributed by atoms with Crippen molar-refractivity contribution >= 4 is 0 Å². The fourth-order valence-corrected chi connectivity index (χ4v) is 3.26. The topological polar surface area (TPSA) is 3.24 Å². The molecule has 0 radical (unpaired) electrons. The minimum absolute atomic E-state index is 0.709. The average molecular weight is 310 g/mol. The number of hydrogen-bond donors (Lipinski definition) is 0. The molecule has 1 nitrogen and oxygen atoms in total. The lowest BCUT2D eigenvalue weighted by Crippen LogP contribution is -2.32. The summed E-state index contributed by atoms with van der Waals surface area (Å²) >= 11 is 0. The highest BCUT2D eigenvalue weighted by molar-refractivity contribution is 4.74. The zero-order chi connectivity index (χ0) is 17.0. The Morgan fingerprint density at radius 2 is 1.41 bits per heavy atom. The van der Waals surface area contributed by atoms with E-state index in [0.717, 1.165) is 17.8 Å². The molecule has 22 heavy (non-hydrogen) atoms. The Kier molecular flexibility index (Phi) is 13.0. The van der Waals surface area contributed by atoms with Crippen LogP contribution in [0.5, 0.6) is 0 Å². The largest absolute Gasteiger partial charge is 0.306 e. The third kappa shape index (κ3) is 10.4. The van der Waals surface area contributed by atoms with E-state index in [1.54, 1.807) is 0 Å². The Bertz CT molecular complexity index is 259. The summed E-state index contributed by atoms with van der Waals surface area (Å²) in [6.07, 6.45) is 14.3. The molecule has 4 unspecified atom stereocenters. The van der Waals surface area contributed by atoms with Crippen LogP contribution in [-0.2, 0) is 0 Å². The van der Waals surface area contributed by atoms with E-state index in [0.29, 0.717) is 6.04 Å². The molecular formula is C21H43N. The van der Waals surface area contributed by atoms with Crippen LogP contribution in [0.25, 0.3) is 0 Å². The maximum Gasteiger partial charge on any atom is 0.00891 e. The smallest absolute Gasteiger partial charge is 0.00891 e. The molecule has 0 N–H and O–H groups in total. The Hall–Kier alpha value is -0.300. The van der Waals surface area contributed by atoms with Crippen molar-refractivity contribution < 1.29 is 0 Å². The average Bonchev–Trinajstić information content (AvgIpc) is 2.50. The Morgan fingerprint density at radius 1 is 0.864 bits per heavy atom. The summed E-state index contributed by atoms with van der Waals surface area (Å²) in [5.74, 6) is 2.62. The summed E-state index contributed by atoms with van der Waals surface area (Å²) < 4.78 is 0. The van der Waals surface area contributed by atoms with Gasteiger partial charge >= 0.3 is 0 Å². The second kappa shape index (κ2) is 13.2. The zero-order valence-electron chi connectivity index (χ0n) is 16.4. The minimum atomic E-state index is 0.709. The van der Waals surface area contributed by atoms with Crippen LogP contribution in [0.3, 0.4) is 0 Å². The van der Waals surface area contributed by atoms with Gasteiger partial charge in [0, 0.05) is 6.04 Å². The molecule has 0 aliphatic heterocycles. The molecule has 132 valence electrons. The van der Waals surface area contributed by atoms with E-state index >= 15 is 0 Å². The van der Waals surface area contributed by atoms with Crippen LogP contribution >= 0.6 is 0 Å². The Morgan fingerprint density at radius 3 is 1.86 bits per heavy atom. The second-order valence-corrected chi connectivity index (χ2v) is 7.81. The van der Waals surface area contributed by atoms with Gasteiger partial charge < -0.3 is 4.90 Å². The molecule has 0 aromatic rings. The minimum Gasteiger partial charge on any atom is -0.306 e. The van der Waals surface area contributed by atoms with Crippen LogP contribution in [0.15, 0.2) is 12.7 Å². The maximum absolute atomic E-state index is 3.83. The van der Waals surface area contributed by atoms with Crippen molar-refractivity contribution in [2.24, 2.45) is 17.8 Å². The molecule has 0 aromatic carbocycles. The van der Waals surface area contributed by atoms with Crippen LogP contribution < -0.4 is 0 Å². The van der Waals surface area contributed by atoms with Crippen molar-refractivity contribution in [3.8, 4) is 0 Å². The number of rotatable bonds is 14. The van der Waals surface area contributed by atoms with Crippen molar-refractivity contribution in [2.75, 3.05) is 14.1 Å². The SMILES string of the molecule is C=CCCC(C)CCCC(CCCC(C)CC)C(C)N(C)C. The van der Waals surface area contributed by atoms with Crippen molar-refractivity contribution in [1.82, 2.24) is 4.90 Å².